The van der Waals surface area contributed by atoms with Gasteiger partial charge in [-0.1, -0.05) is 6.07 Å². The Hall–Kier alpha value is -2.63. The molecule has 0 spiro atoms. The lowest BCUT2D eigenvalue weighted by Gasteiger charge is -2.34. The van der Waals surface area contributed by atoms with E-state index < -0.39 is 27.6 Å². The number of hydrogen-bond acceptors (Lipinski definition) is 4. The number of nitrogens with zero attached hydrogens (tertiary/aromatic N) is 2. The third kappa shape index (κ3) is 3.68. The van der Waals surface area contributed by atoms with E-state index in [-0.39, 0.29) is 41.4 Å². The number of sulfonamides is 1. The van der Waals surface area contributed by atoms with Gasteiger partial charge in [-0.15, -0.1) is 0 Å². The van der Waals surface area contributed by atoms with Crippen LogP contribution in [0.15, 0.2) is 41.3 Å². The first-order chi connectivity index (χ1) is 13.8. The monoisotopic (exact) mass is 438 g/mol. The number of piperazine rings is 1. The summed E-state index contributed by atoms with van der Waals surface area (Å²) in [6.07, 6.45) is 0. The van der Waals surface area contributed by atoms with Crippen molar-refractivity contribution < 1.29 is 22.0 Å². The summed E-state index contributed by atoms with van der Waals surface area (Å²) in [6.45, 7) is 0.339. The van der Waals surface area contributed by atoms with Crippen molar-refractivity contribution in [2.24, 2.45) is 0 Å². The highest BCUT2D eigenvalue weighted by atomic mass is 32.2. The van der Waals surface area contributed by atoms with Crippen LogP contribution >= 0.6 is 12.2 Å². The van der Waals surface area contributed by atoms with E-state index in [9.17, 15) is 22.0 Å². The number of halogens is 2. The Morgan fingerprint density at radius 3 is 2.41 bits per heavy atom. The number of imidazole rings is 1. The molecule has 2 heterocycles. The number of amides is 1. The quantitative estimate of drug-likeness (QED) is 0.616. The number of rotatable bonds is 3. The van der Waals surface area contributed by atoms with Crippen molar-refractivity contribution in [1.29, 1.82) is 0 Å². The molecule has 0 aliphatic carbocycles. The predicted octanol–water partition coefficient (Wildman–Crippen LogP) is 2.65. The van der Waals surface area contributed by atoms with Gasteiger partial charge in [-0.2, -0.15) is 4.31 Å². The molecule has 152 valence electrons. The smallest absolute Gasteiger partial charge is 0.256 e. The predicted molar refractivity (Wildman–Crippen MR) is 105 cm³/mol. The summed E-state index contributed by atoms with van der Waals surface area (Å²) in [5, 5.41) is 0. The summed E-state index contributed by atoms with van der Waals surface area (Å²) in [5.74, 6) is -1.65. The minimum absolute atomic E-state index is 0.0478. The highest BCUT2D eigenvalue weighted by Gasteiger charge is 2.31. The summed E-state index contributed by atoms with van der Waals surface area (Å²) in [6, 6.07) is 7.15. The Morgan fingerprint density at radius 2 is 1.72 bits per heavy atom. The fourth-order valence-electron chi connectivity index (χ4n) is 3.35. The maximum absolute atomic E-state index is 13.9. The molecule has 4 rings (SSSR count). The molecule has 0 radical (unpaired) electrons. The number of hydrogen-bond donors (Lipinski definition) is 2. The van der Waals surface area contributed by atoms with Crippen LogP contribution in [0.2, 0.25) is 0 Å². The number of nitrogens with one attached hydrogen (secondary N) is 2. The van der Waals surface area contributed by atoms with Crippen LogP contribution in [-0.4, -0.2) is 59.7 Å². The molecule has 3 aromatic rings. The van der Waals surface area contributed by atoms with E-state index in [4.69, 9.17) is 12.2 Å². The average Bonchev–Trinajstić information content (AvgIpc) is 3.06. The third-order valence-electron chi connectivity index (χ3n) is 4.78. The Labute approximate surface area is 170 Å². The number of H-pyrrole nitrogens is 2. The number of carbonyl (C=O) groups is 1. The lowest BCUT2D eigenvalue weighted by molar-refractivity contribution is 0.0699. The van der Waals surface area contributed by atoms with Gasteiger partial charge in [0.25, 0.3) is 5.91 Å². The first-order valence-electron chi connectivity index (χ1n) is 8.72. The molecule has 1 aliphatic heterocycles. The average molecular weight is 438 g/mol. The molecule has 0 unspecified atom stereocenters. The first-order valence-corrected chi connectivity index (χ1v) is 10.6. The zero-order valence-corrected chi connectivity index (χ0v) is 16.6. The van der Waals surface area contributed by atoms with Gasteiger partial charge in [0.05, 0.1) is 21.5 Å². The fourth-order valence-corrected chi connectivity index (χ4v) is 5.02. The SMILES string of the molecule is O=C(c1cc(F)cc2[nH]c(=S)[nH]c12)N1CCN(S(=O)(=O)c2cccc(F)c2)CC1. The largest absolute Gasteiger partial charge is 0.336 e. The number of benzene rings is 2. The maximum atomic E-state index is 13.9. The number of aromatic amines is 2. The molecule has 11 heteroatoms. The molecule has 0 bridgehead atoms. The normalized spacial score (nSPS) is 15.7. The molecule has 0 atom stereocenters. The highest BCUT2D eigenvalue weighted by Crippen LogP contribution is 2.22. The maximum Gasteiger partial charge on any atom is 0.256 e. The van der Waals surface area contributed by atoms with Crippen molar-refractivity contribution in [1.82, 2.24) is 19.2 Å². The van der Waals surface area contributed by atoms with Crippen molar-refractivity contribution in [2.75, 3.05) is 26.2 Å². The second-order valence-electron chi connectivity index (χ2n) is 6.61. The van der Waals surface area contributed by atoms with Gasteiger partial charge >= 0.3 is 0 Å². The van der Waals surface area contributed by atoms with E-state index in [1.54, 1.807) is 0 Å². The van der Waals surface area contributed by atoms with Crippen LogP contribution in [-0.2, 0) is 10.0 Å². The van der Waals surface area contributed by atoms with Gasteiger partial charge in [-0.25, -0.2) is 17.2 Å². The van der Waals surface area contributed by atoms with E-state index in [1.165, 1.54) is 33.5 Å². The molecular weight excluding hydrogens is 422 g/mol. The van der Waals surface area contributed by atoms with E-state index in [2.05, 4.69) is 9.97 Å². The van der Waals surface area contributed by atoms with Crippen molar-refractivity contribution in [3.63, 3.8) is 0 Å². The topological polar surface area (TPSA) is 89.3 Å². The van der Waals surface area contributed by atoms with Gasteiger partial charge in [0.15, 0.2) is 4.77 Å². The lowest BCUT2D eigenvalue weighted by atomic mass is 10.1. The Kier molecular flexibility index (Phi) is 4.97. The van der Waals surface area contributed by atoms with Gasteiger partial charge in [0, 0.05) is 26.2 Å². The van der Waals surface area contributed by atoms with Crippen LogP contribution < -0.4 is 0 Å². The van der Waals surface area contributed by atoms with Crippen LogP contribution in [0.25, 0.3) is 11.0 Å². The summed E-state index contributed by atoms with van der Waals surface area (Å²) in [4.78, 5) is 19.9. The van der Waals surface area contributed by atoms with Crippen LogP contribution in [0.1, 0.15) is 10.4 Å². The molecule has 1 aliphatic rings. The summed E-state index contributed by atoms with van der Waals surface area (Å²) in [7, 11) is -3.87. The van der Waals surface area contributed by atoms with Crippen molar-refractivity contribution in [3.05, 3.63) is 58.4 Å². The van der Waals surface area contributed by atoms with Crippen LogP contribution in [0, 0.1) is 16.4 Å². The minimum atomic E-state index is -3.87. The van der Waals surface area contributed by atoms with Crippen molar-refractivity contribution >= 4 is 39.2 Å². The summed E-state index contributed by atoms with van der Waals surface area (Å²) < 4.78 is 54.2. The summed E-state index contributed by atoms with van der Waals surface area (Å²) >= 11 is 5.01. The molecular formula is C18H16F2N4O3S2. The first kappa shape index (κ1) is 19.7. The molecule has 29 heavy (non-hydrogen) atoms. The van der Waals surface area contributed by atoms with Crippen molar-refractivity contribution in [2.45, 2.75) is 4.90 Å². The number of aromatic nitrogens is 2. The Balaban J connectivity index is 1.54. The van der Waals surface area contributed by atoms with Gasteiger partial charge in [-0.3, -0.25) is 4.79 Å². The van der Waals surface area contributed by atoms with Crippen molar-refractivity contribution in [3.8, 4) is 0 Å². The molecule has 1 saturated heterocycles. The third-order valence-corrected chi connectivity index (χ3v) is 6.88. The summed E-state index contributed by atoms with van der Waals surface area (Å²) in [5.41, 5.74) is 0.899. The fraction of sp³-hybridized carbons (Fsp3) is 0.222. The number of fused-ring (bicyclic) bond motifs is 1. The standard InChI is InChI=1S/C18H16F2N4O3S2/c19-11-2-1-3-13(8-11)29(26,27)24-6-4-23(5-7-24)17(25)14-9-12(20)10-15-16(14)22-18(28)21-15/h1-3,8-10H,4-7H2,(H2,21,22,28). The van der Waals surface area contributed by atoms with Gasteiger partial charge in [-0.05, 0) is 42.5 Å². The van der Waals surface area contributed by atoms with Crippen LogP contribution in [0.5, 0.6) is 0 Å². The zero-order valence-electron chi connectivity index (χ0n) is 15.0. The van der Waals surface area contributed by atoms with Gasteiger partial charge < -0.3 is 14.9 Å². The van der Waals surface area contributed by atoms with E-state index in [0.717, 1.165) is 12.1 Å². The van der Waals surface area contributed by atoms with Crippen LogP contribution in [0.4, 0.5) is 8.78 Å². The molecule has 2 aromatic carbocycles. The van der Waals surface area contributed by atoms with E-state index in [0.29, 0.717) is 11.0 Å². The molecule has 0 saturated carbocycles. The highest BCUT2D eigenvalue weighted by molar-refractivity contribution is 7.89. The molecule has 1 amide bonds. The molecule has 1 aromatic heterocycles. The molecule has 1 fully saturated rings. The van der Waals surface area contributed by atoms with Gasteiger partial charge in [0.1, 0.15) is 11.6 Å². The Morgan fingerprint density at radius 1 is 1.00 bits per heavy atom. The van der Waals surface area contributed by atoms with E-state index >= 15 is 0 Å². The Bertz CT molecular complexity index is 1260. The lowest BCUT2D eigenvalue weighted by Crippen LogP contribution is -2.50. The van der Waals surface area contributed by atoms with Gasteiger partial charge in [0.2, 0.25) is 10.0 Å². The van der Waals surface area contributed by atoms with Crippen LogP contribution in [0.3, 0.4) is 0 Å². The second-order valence-corrected chi connectivity index (χ2v) is 8.95. The minimum Gasteiger partial charge on any atom is -0.336 e. The second kappa shape index (κ2) is 7.32. The molecule has 7 nitrogen and oxygen atoms in total. The molecule has 2 N–H and O–H groups in total. The zero-order chi connectivity index (χ0) is 20.8. The number of carbonyl (C=O) groups excluding carboxylic acids is 1. The van der Waals surface area contributed by atoms with E-state index in [1.807, 2.05) is 0 Å².